The van der Waals surface area contributed by atoms with Gasteiger partial charge in [0, 0.05) is 0 Å². The standard InChI is InChI=1S/C11H13FO3/c1-3-15-10(13)11(2,14)8-5-4-6-9(12)7-8/h4-7,14H,3H2,1-2H3. The number of carbonyl (C=O) groups excluding carboxylic acids is 1. The maximum absolute atomic E-state index is 12.9. The highest BCUT2D eigenvalue weighted by atomic mass is 19.1. The van der Waals surface area contributed by atoms with Crippen molar-refractivity contribution in [2.75, 3.05) is 6.61 Å². The normalized spacial score (nSPS) is 14.4. The van der Waals surface area contributed by atoms with Crippen LogP contribution in [0.2, 0.25) is 0 Å². The van der Waals surface area contributed by atoms with Gasteiger partial charge in [0.2, 0.25) is 0 Å². The summed E-state index contributed by atoms with van der Waals surface area (Å²) < 4.78 is 17.6. The van der Waals surface area contributed by atoms with Crippen LogP contribution in [0.25, 0.3) is 0 Å². The quantitative estimate of drug-likeness (QED) is 0.774. The molecule has 82 valence electrons. The molecule has 0 bridgehead atoms. The lowest BCUT2D eigenvalue weighted by Gasteiger charge is -2.21. The zero-order valence-electron chi connectivity index (χ0n) is 8.66. The lowest BCUT2D eigenvalue weighted by atomic mass is 9.96. The summed E-state index contributed by atoms with van der Waals surface area (Å²) in [5.41, 5.74) is -1.63. The Labute approximate surface area is 87.5 Å². The van der Waals surface area contributed by atoms with Gasteiger partial charge in [-0.05, 0) is 31.5 Å². The number of hydrogen-bond donors (Lipinski definition) is 1. The molecule has 0 saturated heterocycles. The minimum Gasteiger partial charge on any atom is -0.464 e. The lowest BCUT2D eigenvalue weighted by Crippen LogP contribution is -2.34. The highest BCUT2D eigenvalue weighted by Gasteiger charge is 2.34. The Morgan fingerprint density at radius 3 is 2.80 bits per heavy atom. The molecule has 15 heavy (non-hydrogen) atoms. The summed E-state index contributed by atoms with van der Waals surface area (Å²) in [6.45, 7) is 3.09. The summed E-state index contributed by atoms with van der Waals surface area (Å²) in [4.78, 5) is 11.4. The van der Waals surface area contributed by atoms with E-state index in [-0.39, 0.29) is 12.2 Å². The van der Waals surface area contributed by atoms with E-state index in [2.05, 4.69) is 4.74 Å². The number of ether oxygens (including phenoxy) is 1. The van der Waals surface area contributed by atoms with Crippen molar-refractivity contribution in [2.24, 2.45) is 0 Å². The molecule has 1 atom stereocenters. The number of benzene rings is 1. The molecule has 0 radical (unpaired) electrons. The fraction of sp³-hybridized carbons (Fsp3) is 0.364. The van der Waals surface area contributed by atoms with E-state index >= 15 is 0 Å². The molecular weight excluding hydrogens is 199 g/mol. The number of halogens is 1. The molecule has 0 spiro atoms. The van der Waals surface area contributed by atoms with Crippen LogP contribution in [0.3, 0.4) is 0 Å². The number of rotatable bonds is 3. The Hall–Kier alpha value is -1.42. The van der Waals surface area contributed by atoms with Gasteiger partial charge in [0.1, 0.15) is 5.82 Å². The van der Waals surface area contributed by atoms with Crippen molar-refractivity contribution in [2.45, 2.75) is 19.4 Å². The van der Waals surface area contributed by atoms with Gasteiger partial charge < -0.3 is 9.84 Å². The van der Waals surface area contributed by atoms with Gasteiger partial charge in [0.05, 0.1) is 6.61 Å². The third-order valence-corrected chi connectivity index (χ3v) is 2.06. The minimum atomic E-state index is -1.81. The molecule has 1 unspecified atom stereocenters. The summed E-state index contributed by atoms with van der Waals surface area (Å²) in [5, 5.41) is 9.87. The molecule has 0 heterocycles. The Morgan fingerprint density at radius 1 is 1.60 bits per heavy atom. The second kappa shape index (κ2) is 4.40. The van der Waals surface area contributed by atoms with Crippen molar-refractivity contribution in [3.8, 4) is 0 Å². The zero-order chi connectivity index (χ0) is 11.5. The smallest absolute Gasteiger partial charge is 0.342 e. The Bertz CT molecular complexity index is 361. The summed E-state index contributed by atoms with van der Waals surface area (Å²) in [5.74, 6) is -1.28. The molecular formula is C11H13FO3. The fourth-order valence-corrected chi connectivity index (χ4v) is 1.18. The predicted molar refractivity (Wildman–Crippen MR) is 52.6 cm³/mol. The summed E-state index contributed by atoms with van der Waals surface area (Å²) in [6.07, 6.45) is 0. The van der Waals surface area contributed by atoms with Crippen molar-refractivity contribution in [3.05, 3.63) is 35.6 Å². The van der Waals surface area contributed by atoms with Crippen molar-refractivity contribution in [1.29, 1.82) is 0 Å². The number of carbonyl (C=O) groups is 1. The summed E-state index contributed by atoms with van der Waals surface area (Å²) in [6, 6.07) is 5.25. The van der Waals surface area contributed by atoms with E-state index in [1.165, 1.54) is 25.1 Å². The van der Waals surface area contributed by atoms with Crippen molar-refractivity contribution < 1.29 is 19.0 Å². The minimum absolute atomic E-state index is 0.171. The zero-order valence-corrected chi connectivity index (χ0v) is 8.66. The van der Waals surface area contributed by atoms with E-state index in [9.17, 15) is 14.3 Å². The van der Waals surface area contributed by atoms with Crippen LogP contribution in [0.1, 0.15) is 19.4 Å². The molecule has 1 aromatic carbocycles. The molecule has 4 heteroatoms. The average Bonchev–Trinajstić information content (AvgIpc) is 2.18. The first-order valence-corrected chi connectivity index (χ1v) is 4.64. The van der Waals surface area contributed by atoms with Gasteiger partial charge in [-0.2, -0.15) is 0 Å². The molecule has 0 amide bonds. The lowest BCUT2D eigenvalue weighted by molar-refractivity contribution is -0.164. The Morgan fingerprint density at radius 2 is 2.27 bits per heavy atom. The first-order valence-electron chi connectivity index (χ1n) is 4.64. The van der Waals surface area contributed by atoms with Gasteiger partial charge in [-0.3, -0.25) is 0 Å². The van der Waals surface area contributed by atoms with Crippen LogP contribution in [0.15, 0.2) is 24.3 Å². The predicted octanol–water partition coefficient (Wildman–Crippen LogP) is 1.60. The molecule has 0 aliphatic carbocycles. The van der Waals surface area contributed by atoms with Crippen LogP contribution in [0.4, 0.5) is 4.39 Å². The second-order valence-electron chi connectivity index (χ2n) is 3.30. The van der Waals surface area contributed by atoms with Gasteiger partial charge in [-0.1, -0.05) is 12.1 Å². The van der Waals surface area contributed by atoms with Crippen LogP contribution in [0.5, 0.6) is 0 Å². The fourth-order valence-electron chi connectivity index (χ4n) is 1.18. The maximum Gasteiger partial charge on any atom is 0.342 e. The molecule has 0 aliphatic heterocycles. The Kier molecular flexibility index (Phi) is 3.42. The largest absolute Gasteiger partial charge is 0.464 e. The van der Waals surface area contributed by atoms with Crippen LogP contribution < -0.4 is 0 Å². The van der Waals surface area contributed by atoms with E-state index in [1.807, 2.05) is 0 Å². The second-order valence-corrected chi connectivity index (χ2v) is 3.30. The molecule has 1 rings (SSSR count). The number of aliphatic hydroxyl groups is 1. The van der Waals surface area contributed by atoms with Crippen molar-refractivity contribution >= 4 is 5.97 Å². The van der Waals surface area contributed by atoms with Crippen LogP contribution >= 0.6 is 0 Å². The van der Waals surface area contributed by atoms with E-state index < -0.39 is 17.4 Å². The summed E-state index contributed by atoms with van der Waals surface area (Å²) >= 11 is 0. The first-order chi connectivity index (χ1) is 6.98. The summed E-state index contributed by atoms with van der Waals surface area (Å²) in [7, 11) is 0. The molecule has 3 nitrogen and oxygen atoms in total. The van der Waals surface area contributed by atoms with E-state index in [4.69, 9.17) is 0 Å². The van der Waals surface area contributed by atoms with E-state index in [1.54, 1.807) is 6.92 Å². The maximum atomic E-state index is 12.9. The van der Waals surface area contributed by atoms with Gasteiger partial charge in [-0.15, -0.1) is 0 Å². The van der Waals surface area contributed by atoms with Gasteiger partial charge in [-0.25, -0.2) is 9.18 Å². The van der Waals surface area contributed by atoms with Crippen LogP contribution in [0, 0.1) is 5.82 Å². The van der Waals surface area contributed by atoms with Crippen molar-refractivity contribution in [3.63, 3.8) is 0 Å². The number of hydrogen-bond acceptors (Lipinski definition) is 3. The van der Waals surface area contributed by atoms with Crippen LogP contribution in [-0.4, -0.2) is 17.7 Å². The van der Waals surface area contributed by atoms with E-state index in [0.29, 0.717) is 0 Å². The third-order valence-electron chi connectivity index (χ3n) is 2.06. The topological polar surface area (TPSA) is 46.5 Å². The first kappa shape index (κ1) is 11.7. The van der Waals surface area contributed by atoms with E-state index in [0.717, 1.165) is 6.07 Å². The van der Waals surface area contributed by atoms with Gasteiger partial charge in [0.25, 0.3) is 0 Å². The molecule has 1 N–H and O–H groups in total. The number of esters is 1. The molecule has 0 aromatic heterocycles. The average molecular weight is 212 g/mol. The highest BCUT2D eigenvalue weighted by molar-refractivity contribution is 5.80. The SMILES string of the molecule is CCOC(=O)C(C)(O)c1cccc(F)c1. The molecule has 0 fully saturated rings. The third kappa shape index (κ3) is 2.53. The van der Waals surface area contributed by atoms with Crippen molar-refractivity contribution in [1.82, 2.24) is 0 Å². The highest BCUT2D eigenvalue weighted by Crippen LogP contribution is 2.22. The van der Waals surface area contributed by atoms with Gasteiger partial charge >= 0.3 is 5.97 Å². The molecule has 1 aromatic rings. The molecule has 0 saturated carbocycles. The van der Waals surface area contributed by atoms with Gasteiger partial charge in [0.15, 0.2) is 5.60 Å². The molecule has 0 aliphatic rings. The monoisotopic (exact) mass is 212 g/mol. The Balaban J connectivity index is 2.99. The van der Waals surface area contributed by atoms with Crippen LogP contribution in [-0.2, 0) is 15.1 Å².